The van der Waals surface area contributed by atoms with E-state index in [1.165, 1.54) is 154 Å². The molecule has 0 aliphatic rings. The van der Waals surface area contributed by atoms with Gasteiger partial charge in [-0.15, -0.1) is 0 Å². The van der Waals surface area contributed by atoms with Crippen LogP contribution in [0.5, 0.6) is 0 Å². The molecule has 0 fully saturated rings. The van der Waals surface area contributed by atoms with Crippen molar-refractivity contribution in [3.8, 4) is 0 Å². The Balaban J connectivity index is 4.30. The van der Waals surface area contributed by atoms with Crippen LogP contribution in [0.1, 0.15) is 252 Å². The minimum atomic E-state index is -0.776. The van der Waals surface area contributed by atoms with Crippen LogP contribution in [0.3, 0.4) is 0 Å². The monoisotopic (exact) mass is 775 g/mol. The van der Waals surface area contributed by atoms with Gasteiger partial charge in [0.2, 0.25) is 0 Å². The summed E-state index contributed by atoms with van der Waals surface area (Å²) >= 11 is 0. The molecule has 1 atom stereocenters. The Morgan fingerprint density at radius 1 is 0.345 bits per heavy atom. The zero-order valence-electron chi connectivity index (χ0n) is 36.7. The third-order valence-corrected chi connectivity index (χ3v) is 10.4. The van der Waals surface area contributed by atoms with Crippen LogP contribution < -0.4 is 0 Å². The van der Waals surface area contributed by atoms with Crippen LogP contribution in [0.25, 0.3) is 0 Å². The molecule has 6 heteroatoms. The van der Waals surface area contributed by atoms with Crippen molar-refractivity contribution < 1.29 is 28.6 Å². The van der Waals surface area contributed by atoms with Crippen molar-refractivity contribution in [2.24, 2.45) is 0 Å². The van der Waals surface area contributed by atoms with Gasteiger partial charge in [-0.05, 0) is 64.2 Å². The van der Waals surface area contributed by atoms with E-state index in [0.29, 0.717) is 19.3 Å². The standard InChI is InChI=1S/C49H90O6/c1-4-7-10-13-16-19-21-22-23-24-25-26-28-30-33-36-39-42-48(51)54-45-46(44-53-47(50)41-38-35-32-29-18-15-12-9-6-3)55-49(52)43-40-37-34-31-27-20-17-14-11-8-5-2/h22-23,29,32,46H,4-21,24-28,30-31,33-45H2,1-3H3/b23-22-,32-29-. The second-order valence-electron chi connectivity index (χ2n) is 16.0. The number of ether oxygens (including phenoxy) is 3. The summed E-state index contributed by atoms with van der Waals surface area (Å²) in [6.45, 7) is 6.57. The van der Waals surface area contributed by atoms with Crippen molar-refractivity contribution >= 4 is 17.9 Å². The smallest absolute Gasteiger partial charge is 0.306 e. The van der Waals surface area contributed by atoms with Crippen LogP contribution in [-0.4, -0.2) is 37.2 Å². The zero-order valence-corrected chi connectivity index (χ0v) is 36.7. The molecule has 322 valence electrons. The van der Waals surface area contributed by atoms with E-state index < -0.39 is 6.10 Å². The largest absolute Gasteiger partial charge is 0.462 e. The maximum absolute atomic E-state index is 12.7. The Bertz CT molecular complexity index is 896. The molecule has 0 rings (SSSR count). The molecule has 1 unspecified atom stereocenters. The molecule has 0 spiro atoms. The molecule has 0 aliphatic carbocycles. The lowest BCUT2D eigenvalue weighted by atomic mass is 10.1. The first kappa shape index (κ1) is 52.9. The topological polar surface area (TPSA) is 78.9 Å². The lowest BCUT2D eigenvalue weighted by Crippen LogP contribution is -2.30. The first-order valence-corrected chi connectivity index (χ1v) is 23.8. The number of carbonyl (C=O) groups is 3. The van der Waals surface area contributed by atoms with Crippen molar-refractivity contribution in [3.63, 3.8) is 0 Å². The number of allylic oxidation sites excluding steroid dienone is 4. The van der Waals surface area contributed by atoms with Gasteiger partial charge in [-0.3, -0.25) is 14.4 Å². The fraction of sp³-hybridized carbons (Fsp3) is 0.857. The van der Waals surface area contributed by atoms with Crippen molar-refractivity contribution in [1.82, 2.24) is 0 Å². The van der Waals surface area contributed by atoms with E-state index in [-0.39, 0.29) is 31.1 Å². The highest BCUT2D eigenvalue weighted by Crippen LogP contribution is 2.15. The summed E-state index contributed by atoms with van der Waals surface area (Å²) in [6.07, 6.45) is 48.8. The minimum absolute atomic E-state index is 0.0791. The fourth-order valence-corrected chi connectivity index (χ4v) is 6.79. The summed E-state index contributed by atoms with van der Waals surface area (Å²) in [6, 6.07) is 0. The number of carbonyl (C=O) groups excluding carboxylic acids is 3. The van der Waals surface area contributed by atoms with Crippen LogP contribution in [0.15, 0.2) is 24.3 Å². The van der Waals surface area contributed by atoms with Crippen molar-refractivity contribution in [2.75, 3.05) is 13.2 Å². The van der Waals surface area contributed by atoms with E-state index in [4.69, 9.17) is 14.2 Å². The summed E-state index contributed by atoms with van der Waals surface area (Å²) < 4.78 is 16.7. The number of rotatable bonds is 43. The summed E-state index contributed by atoms with van der Waals surface area (Å²) in [7, 11) is 0. The van der Waals surface area contributed by atoms with E-state index in [1.54, 1.807) is 0 Å². The molecule has 0 aromatic heterocycles. The van der Waals surface area contributed by atoms with Crippen LogP contribution in [0, 0.1) is 0 Å². The van der Waals surface area contributed by atoms with Gasteiger partial charge in [0.1, 0.15) is 13.2 Å². The molecule has 0 saturated heterocycles. The second kappa shape index (κ2) is 44.6. The van der Waals surface area contributed by atoms with Gasteiger partial charge < -0.3 is 14.2 Å². The normalized spacial score (nSPS) is 12.1. The van der Waals surface area contributed by atoms with E-state index in [2.05, 4.69) is 45.1 Å². The zero-order chi connectivity index (χ0) is 40.1. The molecule has 55 heavy (non-hydrogen) atoms. The van der Waals surface area contributed by atoms with Gasteiger partial charge in [0.25, 0.3) is 0 Å². The number of hydrogen-bond donors (Lipinski definition) is 0. The highest BCUT2D eigenvalue weighted by molar-refractivity contribution is 5.71. The van der Waals surface area contributed by atoms with E-state index >= 15 is 0 Å². The van der Waals surface area contributed by atoms with Crippen molar-refractivity contribution in [3.05, 3.63) is 24.3 Å². The lowest BCUT2D eigenvalue weighted by Gasteiger charge is -2.18. The Kier molecular flexibility index (Phi) is 42.9. The van der Waals surface area contributed by atoms with Gasteiger partial charge in [0.15, 0.2) is 6.10 Å². The molecular weight excluding hydrogens is 685 g/mol. The fourth-order valence-electron chi connectivity index (χ4n) is 6.79. The molecular formula is C49H90O6. The first-order valence-electron chi connectivity index (χ1n) is 23.8. The third kappa shape index (κ3) is 42.9. The molecule has 0 N–H and O–H groups in total. The summed E-state index contributed by atoms with van der Waals surface area (Å²) in [5, 5.41) is 0. The van der Waals surface area contributed by atoms with E-state index in [9.17, 15) is 14.4 Å². The average molecular weight is 775 g/mol. The maximum Gasteiger partial charge on any atom is 0.306 e. The predicted molar refractivity (Wildman–Crippen MR) is 233 cm³/mol. The Labute approximate surface area is 341 Å². The van der Waals surface area contributed by atoms with E-state index in [1.807, 2.05) is 0 Å². The molecule has 6 nitrogen and oxygen atoms in total. The molecule has 0 amide bonds. The van der Waals surface area contributed by atoms with E-state index in [0.717, 1.165) is 57.8 Å². The van der Waals surface area contributed by atoms with Gasteiger partial charge in [-0.2, -0.15) is 0 Å². The van der Waals surface area contributed by atoms with Gasteiger partial charge in [-0.1, -0.05) is 193 Å². The SMILES string of the molecule is CCCCCC/C=C\CCCC(=O)OCC(COC(=O)CCCCCCCCC/C=C\CCCCCCCC)OC(=O)CCCCCCCCCCCCC. The van der Waals surface area contributed by atoms with Gasteiger partial charge in [-0.25, -0.2) is 0 Å². The summed E-state index contributed by atoms with van der Waals surface area (Å²) in [5.74, 6) is -0.915. The molecule has 0 bridgehead atoms. The molecule has 0 heterocycles. The van der Waals surface area contributed by atoms with Crippen LogP contribution in [0.2, 0.25) is 0 Å². The number of esters is 3. The predicted octanol–water partition coefficient (Wildman–Crippen LogP) is 15.2. The number of unbranched alkanes of at least 4 members (excludes halogenated alkanes) is 28. The quantitative estimate of drug-likeness (QED) is 0.0266. The summed E-state index contributed by atoms with van der Waals surface area (Å²) in [5.41, 5.74) is 0. The Hall–Kier alpha value is -2.11. The molecule has 0 aliphatic heterocycles. The summed E-state index contributed by atoms with van der Waals surface area (Å²) in [4.78, 5) is 37.7. The molecule has 0 radical (unpaired) electrons. The highest BCUT2D eigenvalue weighted by Gasteiger charge is 2.19. The average Bonchev–Trinajstić information content (AvgIpc) is 3.18. The molecule has 0 aromatic rings. The number of hydrogen-bond acceptors (Lipinski definition) is 6. The minimum Gasteiger partial charge on any atom is -0.462 e. The van der Waals surface area contributed by atoms with Crippen molar-refractivity contribution in [1.29, 1.82) is 0 Å². The molecule has 0 saturated carbocycles. The third-order valence-electron chi connectivity index (χ3n) is 10.4. The van der Waals surface area contributed by atoms with Gasteiger partial charge in [0.05, 0.1) is 0 Å². The highest BCUT2D eigenvalue weighted by atomic mass is 16.6. The van der Waals surface area contributed by atoms with Crippen LogP contribution >= 0.6 is 0 Å². The Morgan fingerprint density at radius 2 is 0.618 bits per heavy atom. The molecule has 0 aromatic carbocycles. The van der Waals surface area contributed by atoms with Crippen LogP contribution in [0.4, 0.5) is 0 Å². The van der Waals surface area contributed by atoms with Gasteiger partial charge in [0, 0.05) is 19.3 Å². The first-order chi connectivity index (χ1) is 27.0. The maximum atomic E-state index is 12.7. The second-order valence-corrected chi connectivity index (χ2v) is 16.0. The van der Waals surface area contributed by atoms with Crippen molar-refractivity contribution in [2.45, 2.75) is 258 Å². The van der Waals surface area contributed by atoms with Gasteiger partial charge >= 0.3 is 17.9 Å². The lowest BCUT2D eigenvalue weighted by molar-refractivity contribution is -0.167. The van der Waals surface area contributed by atoms with Crippen LogP contribution in [-0.2, 0) is 28.6 Å². The Morgan fingerprint density at radius 3 is 1.00 bits per heavy atom.